The van der Waals surface area contributed by atoms with Crippen LogP contribution in [0.4, 0.5) is 0 Å². The predicted molar refractivity (Wildman–Crippen MR) is 81.6 cm³/mol. The average molecular weight is 302 g/mol. The third-order valence-electron chi connectivity index (χ3n) is 4.27. The lowest BCUT2D eigenvalue weighted by Crippen LogP contribution is -2.28. The second-order valence-corrected chi connectivity index (χ2v) is 5.91. The highest BCUT2D eigenvalue weighted by molar-refractivity contribution is 5.95. The quantitative estimate of drug-likeness (QED) is 0.851. The standard InChI is InChI=1S/C16H22N4O2/c1-3-4-7-20-11-14(12(2)17-20)16(21)19-8-5-13(10-19)15-6-9-22-18-15/h6,9,11,13H,3-5,7-8,10H2,1-2H3. The number of rotatable bonds is 5. The third-order valence-corrected chi connectivity index (χ3v) is 4.27. The van der Waals surface area contributed by atoms with Gasteiger partial charge in [0.05, 0.1) is 17.0 Å². The summed E-state index contributed by atoms with van der Waals surface area (Å²) < 4.78 is 6.79. The molecule has 0 spiro atoms. The van der Waals surface area contributed by atoms with E-state index in [4.69, 9.17) is 4.52 Å². The summed E-state index contributed by atoms with van der Waals surface area (Å²) in [6.07, 6.45) is 6.60. The van der Waals surface area contributed by atoms with Crippen molar-refractivity contribution in [1.29, 1.82) is 0 Å². The SMILES string of the molecule is CCCCn1cc(C(=O)N2CCC(c3ccon3)C2)c(C)n1. The number of amides is 1. The maximum atomic E-state index is 12.7. The fraction of sp³-hybridized carbons (Fsp3) is 0.562. The molecule has 0 N–H and O–H groups in total. The lowest BCUT2D eigenvalue weighted by atomic mass is 10.1. The molecule has 1 aliphatic rings. The van der Waals surface area contributed by atoms with Crippen LogP contribution in [0.5, 0.6) is 0 Å². The number of hydrogen-bond acceptors (Lipinski definition) is 4. The summed E-state index contributed by atoms with van der Waals surface area (Å²) in [5.74, 6) is 0.351. The Morgan fingerprint density at radius 1 is 1.50 bits per heavy atom. The van der Waals surface area contributed by atoms with E-state index in [0.717, 1.165) is 49.3 Å². The molecule has 3 rings (SSSR count). The number of carbonyl (C=O) groups excluding carboxylic acids is 1. The van der Waals surface area contributed by atoms with Crippen molar-refractivity contribution in [3.05, 3.63) is 35.5 Å². The van der Waals surface area contributed by atoms with Gasteiger partial charge in [-0.05, 0) is 19.8 Å². The highest BCUT2D eigenvalue weighted by Crippen LogP contribution is 2.27. The smallest absolute Gasteiger partial charge is 0.257 e. The normalized spacial score (nSPS) is 18.1. The second kappa shape index (κ2) is 6.34. The van der Waals surface area contributed by atoms with E-state index < -0.39 is 0 Å². The number of hydrogen-bond donors (Lipinski definition) is 0. The zero-order valence-corrected chi connectivity index (χ0v) is 13.2. The van der Waals surface area contributed by atoms with Crippen molar-refractivity contribution in [3.8, 4) is 0 Å². The molecule has 0 saturated carbocycles. The number of likely N-dealkylation sites (tertiary alicyclic amines) is 1. The molecule has 118 valence electrons. The van der Waals surface area contributed by atoms with E-state index in [-0.39, 0.29) is 11.8 Å². The molecule has 6 nitrogen and oxygen atoms in total. The van der Waals surface area contributed by atoms with E-state index in [2.05, 4.69) is 17.2 Å². The van der Waals surface area contributed by atoms with Crippen LogP contribution in [-0.2, 0) is 6.54 Å². The van der Waals surface area contributed by atoms with Gasteiger partial charge in [-0.15, -0.1) is 0 Å². The molecule has 1 amide bonds. The van der Waals surface area contributed by atoms with Crippen LogP contribution in [-0.4, -0.2) is 38.8 Å². The lowest BCUT2D eigenvalue weighted by Gasteiger charge is -2.15. The number of carbonyl (C=O) groups is 1. The Morgan fingerprint density at radius 2 is 2.36 bits per heavy atom. The first kappa shape index (κ1) is 14.8. The maximum absolute atomic E-state index is 12.7. The van der Waals surface area contributed by atoms with Gasteiger partial charge in [-0.3, -0.25) is 9.48 Å². The first-order valence-corrected chi connectivity index (χ1v) is 7.92. The van der Waals surface area contributed by atoms with Crippen LogP contribution in [0.1, 0.15) is 53.8 Å². The van der Waals surface area contributed by atoms with E-state index in [1.165, 1.54) is 0 Å². The maximum Gasteiger partial charge on any atom is 0.257 e. The van der Waals surface area contributed by atoms with Gasteiger partial charge in [-0.2, -0.15) is 5.10 Å². The van der Waals surface area contributed by atoms with Crippen LogP contribution >= 0.6 is 0 Å². The zero-order valence-electron chi connectivity index (χ0n) is 13.2. The Bertz CT molecular complexity index is 633. The monoisotopic (exact) mass is 302 g/mol. The first-order valence-electron chi connectivity index (χ1n) is 7.92. The van der Waals surface area contributed by atoms with Crippen LogP contribution in [0.2, 0.25) is 0 Å². The molecule has 6 heteroatoms. The Morgan fingerprint density at radius 3 is 3.09 bits per heavy atom. The van der Waals surface area contributed by atoms with Crippen LogP contribution in [0.15, 0.2) is 23.0 Å². The summed E-state index contributed by atoms with van der Waals surface area (Å²) in [5, 5.41) is 8.44. The van der Waals surface area contributed by atoms with Crippen molar-refractivity contribution in [1.82, 2.24) is 19.8 Å². The fourth-order valence-corrected chi connectivity index (χ4v) is 2.95. The molecule has 1 atom stereocenters. The van der Waals surface area contributed by atoms with Crippen LogP contribution in [0.3, 0.4) is 0 Å². The average Bonchev–Trinajstić information content (AvgIpc) is 3.24. The summed E-state index contributed by atoms with van der Waals surface area (Å²) in [4.78, 5) is 14.6. The number of aromatic nitrogens is 3. The molecular formula is C16H22N4O2. The van der Waals surface area contributed by atoms with Crippen molar-refractivity contribution in [2.24, 2.45) is 0 Å². The lowest BCUT2D eigenvalue weighted by molar-refractivity contribution is 0.0789. The van der Waals surface area contributed by atoms with E-state index in [9.17, 15) is 4.79 Å². The highest BCUT2D eigenvalue weighted by Gasteiger charge is 2.30. The third kappa shape index (κ3) is 2.91. The molecule has 1 aliphatic heterocycles. The summed E-state index contributed by atoms with van der Waals surface area (Å²) in [6, 6.07) is 1.88. The molecule has 0 aliphatic carbocycles. The number of aryl methyl sites for hydroxylation is 2. The highest BCUT2D eigenvalue weighted by atomic mass is 16.5. The minimum Gasteiger partial charge on any atom is -0.365 e. The summed E-state index contributed by atoms with van der Waals surface area (Å²) in [5.41, 5.74) is 2.47. The molecule has 1 unspecified atom stereocenters. The van der Waals surface area contributed by atoms with Gasteiger partial charge in [-0.25, -0.2) is 0 Å². The number of nitrogens with zero attached hydrogens (tertiary/aromatic N) is 4. The molecule has 2 aromatic rings. The van der Waals surface area contributed by atoms with E-state index in [1.54, 1.807) is 6.26 Å². The fourth-order valence-electron chi connectivity index (χ4n) is 2.95. The largest absolute Gasteiger partial charge is 0.365 e. The minimum atomic E-state index is 0.0752. The zero-order chi connectivity index (χ0) is 15.5. The van der Waals surface area contributed by atoms with Crippen molar-refractivity contribution in [3.63, 3.8) is 0 Å². The van der Waals surface area contributed by atoms with Gasteiger partial charge in [0.15, 0.2) is 0 Å². The Kier molecular flexibility index (Phi) is 4.27. The molecule has 2 aromatic heterocycles. The minimum absolute atomic E-state index is 0.0752. The van der Waals surface area contributed by atoms with E-state index in [0.29, 0.717) is 6.54 Å². The summed E-state index contributed by atoms with van der Waals surface area (Å²) in [6.45, 7) is 6.38. The molecule has 3 heterocycles. The van der Waals surface area contributed by atoms with E-state index in [1.807, 2.05) is 28.8 Å². The molecule has 0 radical (unpaired) electrons. The molecule has 22 heavy (non-hydrogen) atoms. The van der Waals surface area contributed by atoms with Crippen molar-refractivity contribution >= 4 is 5.91 Å². The molecule has 1 saturated heterocycles. The topological polar surface area (TPSA) is 64.2 Å². The Hall–Kier alpha value is -2.11. The van der Waals surface area contributed by atoms with Gasteiger partial charge in [0.1, 0.15) is 6.26 Å². The second-order valence-electron chi connectivity index (χ2n) is 5.91. The predicted octanol–water partition coefficient (Wildman–Crippen LogP) is 2.61. The van der Waals surface area contributed by atoms with Gasteiger partial charge in [-0.1, -0.05) is 18.5 Å². The molecule has 0 bridgehead atoms. The Balaban J connectivity index is 1.68. The van der Waals surface area contributed by atoms with E-state index >= 15 is 0 Å². The van der Waals surface area contributed by atoms with Gasteiger partial charge in [0, 0.05) is 37.8 Å². The Labute approximate surface area is 130 Å². The van der Waals surface area contributed by atoms with Crippen LogP contribution in [0.25, 0.3) is 0 Å². The first-order chi connectivity index (χ1) is 10.7. The van der Waals surface area contributed by atoms with Gasteiger partial charge in [0.25, 0.3) is 5.91 Å². The van der Waals surface area contributed by atoms with Crippen molar-refractivity contribution in [2.75, 3.05) is 13.1 Å². The van der Waals surface area contributed by atoms with Crippen molar-refractivity contribution in [2.45, 2.75) is 45.6 Å². The summed E-state index contributed by atoms with van der Waals surface area (Å²) in [7, 11) is 0. The number of unbranched alkanes of at least 4 members (excludes halogenated alkanes) is 1. The van der Waals surface area contributed by atoms with Crippen molar-refractivity contribution < 1.29 is 9.32 Å². The molecule has 0 aromatic carbocycles. The van der Waals surface area contributed by atoms with Gasteiger partial charge < -0.3 is 9.42 Å². The van der Waals surface area contributed by atoms with Crippen LogP contribution < -0.4 is 0 Å². The molecular weight excluding hydrogens is 280 g/mol. The van der Waals surface area contributed by atoms with Gasteiger partial charge >= 0.3 is 0 Å². The summed E-state index contributed by atoms with van der Waals surface area (Å²) >= 11 is 0. The molecule has 1 fully saturated rings. The van der Waals surface area contributed by atoms with Crippen LogP contribution in [0, 0.1) is 6.92 Å². The van der Waals surface area contributed by atoms with Gasteiger partial charge in [0.2, 0.25) is 0 Å².